The molecule has 0 spiro atoms. The van der Waals surface area contributed by atoms with Gasteiger partial charge in [-0.3, -0.25) is 9.69 Å². The van der Waals surface area contributed by atoms with Crippen LogP contribution >= 0.6 is 35.5 Å². The molecular weight excluding hydrogens is 486 g/mol. The molecule has 5 nitrogen and oxygen atoms in total. The number of thioether (sulfide) groups is 1. The van der Waals surface area contributed by atoms with E-state index in [1.165, 1.54) is 10.5 Å². The van der Waals surface area contributed by atoms with Crippen molar-refractivity contribution < 1.29 is 9.53 Å². The van der Waals surface area contributed by atoms with E-state index >= 15 is 0 Å². The molecule has 0 atom stereocenters. The van der Waals surface area contributed by atoms with Crippen LogP contribution in [-0.4, -0.2) is 54.3 Å². The Labute approximate surface area is 218 Å². The molecule has 0 aliphatic heterocycles. The van der Waals surface area contributed by atoms with E-state index in [9.17, 15) is 4.79 Å². The summed E-state index contributed by atoms with van der Waals surface area (Å²) in [6.07, 6.45) is 1.37. The Morgan fingerprint density at radius 1 is 1.06 bits per heavy atom. The van der Waals surface area contributed by atoms with E-state index in [1.54, 1.807) is 11.3 Å². The number of anilines is 1. The van der Waals surface area contributed by atoms with E-state index in [-0.39, 0.29) is 18.3 Å². The fraction of sp³-hybridized carbons (Fsp3) is 0.462. The standard InChI is InChI=1S/C26H35N3O2S2.ClH/c1-5-28(6-2)16-17-29(25(30)9-8-18-32-22-13-10-20(4)11-14-22)26-27-23-15-12-21(31-7-3)19-24(23)33-26;/h10-15,19H,5-9,16-18H2,1-4H3;1H. The van der Waals surface area contributed by atoms with E-state index in [0.717, 1.165) is 52.9 Å². The number of aryl methyl sites for hydroxylation is 1. The molecular formula is C26H36ClN3O2S2. The molecule has 0 unspecified atom stereocenters. The van der Waals surface area contributed by atoms with Crippen LogP contribution in [0.1, 0.15) is 39.2 Å². The Hall–Kier alpha value is -1.80. The van der Waals surface area contributed by atoms with Gasteiger partial charge in [0.25, 0.3) is 0 Å². The Morgan fingerprint density at radius 3 is 2.47 bits per heavy atom. The summed E-state index contributed by atoms with van der Waals surface area (Å²) in [5, 5.41) is 0.780. The fourth-order valence-corrected chi connectivity index (χ4v) is 5.45. The fourth-order valence-electron chi connectivity index (χ4n) is 3.56. The van der Waals surface area contributed by atoms with E-state index in [0.29, 0.717) is 19.6 Å². The van der Waals surface area contributed by atoms with Crippen molar-refractivity contribution in [2.45, 2.75) is 45.4 Å². The van der Waals surface area contributed by atoms with E-state index in [2.05, 4.69) is 49.9 Å². The molecule has 0 bridgehead atoms. The first-order chi connectivity index (χ1) is 16.0. The summed E-state index contributed by atoms with van der Waals surface area (Å²) in [6, 6.07) is 14.5. The van der Waals surface area contributed by atoms with Crippen LogP contribution < -0.4 is 9.64 Å². The van der Waals surface area contributed by atoms with Crippen molar-refractivity contribution in [3.8, 4) is 5.75 Å². The molecule has 0 N–H and O–H groups in total. The molecule has 0 saturated heterocycles. The lowest BCUT2D eigenvalue weighted by molar-refractivity contribution is -0.118. The molecule has 1 aromatic heterocycles. The van der Waals surface area contributed by atoms with Crippen LogP contribution in [0.15, 0.2) is 47.4 Å². The summed E-state index contributed by atoms with van der Waals surface area (Å²) in [5.74, 6) is 1.92. The van der Waals surface area contributed by atoms with Gasteiger partial charge in [-0.1, -0.05) is 42.9 Å². The number of carbonyl (C=O) groups excluding carboxylic acids is 1. The monoisotopic (exact) mass is 521 g/mol. The van der Waals surface area contributed by atoms with Crippen LogP contribution in [0, 0.1) is 6.92 Å². The largest absolute Gasteiger partial charge is 0.494 e. The van der Waals surface area contributed by atoms with Crippen LogP contribution in [0.4, 0.5) is 5.13 Å². The SMILES string of the molecule is CCOc1ccc2nc(N(CCN(CC)CC)C(=O)CCCSc3ccc(C)cc3)sc2c1.Cl. The summed E-state index contributed by atoms with van der Waals surface area (Å²) in [5.41, 5.74) is 2.18. The zero-order chi connectivity index (χ0) is 23.6. The third kappa shape index (κ3) is 8.15. The molecule has 3 aromatic rings. The molecule has 1 heterocycles. The van der Waals surface area contributed by atoms with Crippen molar-refractivity contribution in [1.29, 1.82) is 0 Å². The first kappa shape index (κ1) is 28.4. The molecule has 34 heavy (non-hydrogen) atoms. The molecule has 0 saturated carbocycles. The molecule has 2 aromatic carbocycles. The van der Waals surface area contributed by atoms with Gasteiger partial charge in [0.2, 0.25) is 5.91 Å². The van der Waals surface area contributed by atoms with Crippen LogP contribution in [0.5, 0.6) is 5.75 Å². The number of rotatable bonds is 13. The van der Waals surface area contributed by atoms with Gasteiger partial charge in [-0.2, -0.15) is 0 Å². The Kier molecular flexibility index (Phi) is 12.2. The molecule has 8 heteroatoms. The molecule has 186 valence electrons. The Balaban J connectivity index is 0.00000408. The van der Waals surface area contributed by atoms with Crippen molar-refractivity contribution >= 4 is 56.8 Å². The lowest BCUT2D eigenvalue weighted by Gasteiger charge is -2.24. The number of nitrogens with zero attached hydrogens (tertiary/aromatic N) is 3. The highest BCUT2D eigenvalue weighted by molar-refractivity contribution is 7.99. The summed E-state index contributed by atoms with van der Waals surface area (Å²) in [7, 11) is 0. The zero-order valence-corrected chi connectivity index (χ0v) is 23.0. The number of likely N-dealkylation sites (N-methyl/N-ethyl adjacent to an activating group) is 1. The van der Waals surface area contributed by atoms with Gasteiger partial charge in [0.15, 0.2) is 5.13 Å². The lowest BCUT2D eigenvalue weighted by Crippen LogP contribution is -2.38. The number of fused-ring (bicyclic) bond motifs is 1. The normalized spacial score (nSPS) is 11.0. The van der Waals surface area contributed by atoms with Gasteiger partial charge >= 0.3 is 0 Å². The van der Waals surface area contributed by atoms with Crippen LogP contribution in [0.3, 0.4) is 0 Å². The Bertz CT molecular complexity index is 1020. The minimum atomic E-state index is 0. The maximum absolute atomic E-state index is 13.3. The maximum Gasteiger partial charge on any atom is 0.228 e. The molecule has 1 amide bonds. The van der Waals surface area contributed by atoms with E-state index in [1.807, 2.05) is 41.8 Å². The van der Waals surface area contributed by atoms with Gasteiger partial charge in [-0.05, 0) is 69.4 Å². The Morgan fingerprint density at radius 2 is 1.79 bits per heavy atom. The molecule has 0 fully saturated rings. The van der Waals surface area contributed by atoms with Gasteiger partial charge in [-0.25, -0.2) is 4.98 Å². The molecule has 3 rings (SSSR count). The highest BCUT2D eigenvalue weighted by Gasteiger charge is 2.20. The average Bonchev–Trinajstić information content (AvgIpc) is 3.24. The number of thiazole rings is 1. The second-order valence-corrected chi connectivity index (χ2v) is 10.1. The van der Waals surface area contributed by atoms with Gasteiger partial charge in [-0.15, -0.1) is 24.2 Å². The number of aromatic nitrogens is 1. The topological polar surface area (TPSA) is 45.7 Å². The van der Waals surface area contributed by atoms with Crippen LogP contribution in [0.25, 0.3) is 10.2 Å². The predicted octanol–water partition coefficient (Wildman–Crippen LogP) is 6.67. The second kappa shape index (κ2) is 14.6. The van der Waals surface area contributed by atoms with Crippen LogP contribution in [0.2, 0.25) is 0 Å². The number of hydrogen-bond acceptors (Lipinski definition) is 6. The highest BCUT2D eigenvalue weighted by Crippen LogP contribution is 2.32. The molecule has 0 radical (unpaired) electrons. The van der Waals surface area contributed by atoms with Gasteiger partial charge < -0.3 is 9.64 Å². The number of hydrogen-bond donors (Lipinski definition) is 0. The number of carbonyl (C=O) groups is 1. The van der Waals surface area contributed by atoms with Gasteiger partial charge in [0.05, 0.1) is 16.8 Å². The highest BCUT2D eigenvalue weighted by atomic mass is 35.5. The molecule has 0 aliphatic rings. The van der Waals surface area contributed by atoms with Crippen molar-refractivity contribution in [3.63, 3.8) is 0 Å². The second-order valence-electron chi connectivity index (χ2n) is 7.90. The quantitative estimate of drug-likeness (QED) is 0.185. The van der Waals surface area contributed by atoms with Crippen molar-refractivity contribution in [1.82, 2.24) is 9.88 Å². The zero-order valence-electron chi connectivity index (χ0n) is 20.6. The van der Waals surface area contributed by atoms with Gasteiger partial charge in [0.1, 0.15) is 5.75 Å². The third-order valence-corrected chi connectivity index (χ3v) is 7.69. The first-order valence-corrected chi connectivity index (χ1v) is 13.6. The number of amides is 1. The maximum atomic E-state index is 13.3. The minimum Gasteiger partial charge on any atom is -0.494 e. The number of halogens is 1. The first-order valence-electron chi connectivity index (χ1n) is 11.8. The van der Waals surface area contributed by atoms with Gasteiger partial charge in [0, 0.05) is 24.4 Å². The van der Waals surface area contributed by atoms with Crippen molar-refractivity contribution in [3.05, 3.63) is 48.0 Å². The minimum absolute atomic E-state index is 0. The summed E-state index contributed by atoms with van der Waals surface area (Å²) >= 11 is 3.38. The van der Waals surface area contributed by atoms with E-state index in [4.69, 9.17) is 9.72 Å². The molecule has 0 aliphatic carbocycles. The lowest BCUT2D eigenvalue weighted by atomic mass is 10.2. The number of ether oxygens (including phenoxy) is 1. The summed E-state index contributed by atoms with van der Waals surface area (Å²) in [4.78, 5) is 23.6. The van der Waals surface area contributed by atoms with E-state index < -0.39 is 0 Å². The summed E-state index contributed by atoms with van der Waals surface area (Å²) in [6.45, 7) is 12.5. The average molecular weight is 522 g/mol. The third-order valence-electron chi connectivity index (χ3n) is 5.55. The van der Waals surface area contributed by atoms with Crippen molar-refractivity contribution in [2.24, 2.45) is 0 Å². The van der Waals surface area contributed by atoms with Crippen LogP contribution in [-0.2, 0) is 4.79 Å². The smallest absolute Gasteiger partial charge is 0.228 e. The predicted molar refractivity (Wildman–Crippen MR) is 149 cm³/mol. The summed E-state index contributed by atoms with van der Waals surface area (Å²) < 4.78 is 6.68. The van der Waals surface area contributed by atoms with Crippen molar-refractivity contribution in [2.75, 3.05) is 43.4 Å². The number of benzene rings is 2.